The van der Waals surface area contributed by atoms with E-state index >= 15 is 0 Å². The summed E-state index contributed by atoms with van der Waals surface area (Å²) in [5.74, 6) is -0.406. The SMILES string of the molecule is CCCCN(C)C(=O)C(=O)Nc1ccc(OCC)cc1. The van der Waals surface area contributed by atoms with E-state index in [9.17, 15) is 9.59 Å². The standard InChI is InChI=1S/C15H22N2O3/c1-4-6-11-17(3)15(19)14(18)16-12-7-9-13(10-8-12)20-5-2/h7-10H,4-6,11H2,1-3H3,(H,16,18). The van der Waals surface area contributed by atoms with Crippen LogP contribution in [0.3, 0.4) is 0 Å². The Balaban J connectivity index is 2.54. The number of amides is 2. The van der Waals surface area contributed by atoms with Gasteiger partial charge < -0.3 is 15.0 Å². The van der Waals surface area contributed by atoms with Crippen LogP contribution < -0.4 is 10.1 Å². The molecular weight excluding hydrogens is 256 g/mol. The van der Waals surface area contributed by atoms with Crippen LogP contribution in [0, 0.1) is 0 Å². The number of hydrogen-bond acceptors (Lipinski definition) is 3. The summed E-state index contributed by atoms with van der Waals surface area (Å²) in [7, 11) is 1.63. The van der Waals surface area contributed by atoms with E-state index in [2.05, 4.69) is 5.32 Å². The number of hydrogen-bond donors (Lipinski definition) is 1. The Morgan fingerprint density at radius 1 is 1.20 bits per heavy atom. The van der Waals surface area contributed by atoms with E-state index < -0.39 is 11.8 Å². The van der Waals surface area contributed by atoms with E-state index in [1.165, 1.54) is 4.90 Å². The molecule has 0 aliphatic rings. The quantitative estimate of drug-likeness (QED) is 0.812. The number of carbonyl (C=O) groups excluding carboxylic acids is 2. The average molecular weight is 278 g/mol. The molecule has 110 valence electrons. The second kappa shape index (κ2) is 8.19. The molecule has 0 heterocycles. The van der Waals surface area contributed by atoms with Crippen LogP contribution in [0.25, 0.3) is 0 Å². The predicted molar refractivity (Wildman–Crippen MR) is 78.8 cm³/mol. The molecule has 20 heavy (non-hydrogen) atoms. The Kier molecular flexibility index (Phi) is 6.56. The normalized spacial score (nSPS) is 9.95. The number of carbonyl (C=O) groups is 2. The highest BCUT2D eigenvalue weighted by Gasteiger charge is 2.18. The van der Waals surface area contributed by atoms with Crippen molar-refractivity contribution in [3.8, 4) is 5.75 Å². The Morgan fingerprint density at radius 2 is 1.85 bits per heavy atom. The number of benzene rings is 1. The van der Waals surface area contributed by atoms with Gasteiger partial charge in [-0.15, -0.1) is 0 Å². The van der Waals surface area contributed by atoms with Crippen molar-refractivity contribution >= 4 is 17.5 Å². The first kappa shape index (κ1) is 16.0. The van der Waals surface area contributed by atoms with Crippen molar-refractivity contribution in [2.75, 3.05) is 25.5 Å². The number of ether oxygens (including phenoxy) is 1. The van der Waals surface area contributed by atoms with Crippen molar-refractivity contribution in [1.82, 2.24) is 4.90 Å². The second-order valence-electron chi connectivity index (χ2n) is 4.49. The molecule has 0 fully saturated rings. The van der Waals surface area contributed by atoms with Gasteiger partial charge in [0.05, 0.1) is 6.61 Å². The third-order valence-electron chi connectivity index (χ3n) is 2.81. The number of nitrogens with zero attached hydrogens (tertiary/aromatic N) is 1. The van der Waals surface area contributed by atoms with Crippen LogP contribution in [-0.2, 0) is 9.59 Å². The molecule has 1 aromatic carbocycles. The van der Waals surface area contributed by atoms with Gasteiger partial charge in [0, 0.05) is 19.3 Å². The van der Waals surface area contributed by atoms with Crippen molar-refractivity contribution in [2.45, 2.75) is 26.7 Å². The largest absolute Gasteiger partial charge is 0.494 e. The molecule has 0 radical (unpaired) electrons. The zero-order valence-corrected chi connectivity index (χ0v) is 12.3. The van der Waals surface area contributed by atoms with E-state index in [1.54, 1.807) is 31.3 Å². The molecule has 0 saturated heterocycles. The Morgan fingerprint density at radius 3 is 2.40 bits per heavy atom. The molecule has 2 amide bonds. The van der Waals surface area contributed by atoms with E-state index in [0.717, 1.165) is 18.6 Å². The average Bonchev–Trinajstić information content (AvgIpc) is 2.46. The zero-order valence-electron chi connectivity index (χ0n) is 12.3. The first-order valence-corrected chi connectivity index (χ1v) is 6.87. The molecule has 0 aliphatic carbocycles. The fourth-order valence-corrected chi connectivity index (χ4v) is 1.66. The lowest BCUT2D eigenvalue weighted by molar-refractivity contribution is -0.142. The summed E-state index contributed by atoms with van der Waals surface area (Å²) in [4.78, 5) is 25.0. The molecule has 0 atom stereocenters. The monoisotopic (exact) mass is 278 g/mol. The molecule has 0 saturated carbocycles. The summed E-state index contributed by atoms with van der Waals surface area (Å²) in [6, 6.07) is 6.93. The van der Waals surface area contributed by atoms with Crippen molar-refractivity contribution in [3.05, 3.63) is 24.3 Å². The molecule has 5 nitrogen and oxygen atoms in total. The van der Waals surface area contributed by atoms with Gasteiger partial charge in [0.25, 0.3) is 0 Å². The van der Waals surface area contributed by atoms with Crippen molar-refractivity contribution in [2.24, 2.45) is 0 Å². The maximum atomic E-state index is 11.8. The highest BCUT2D eigenvalue weighted by molar-refractivity contribution is 6.39. The molecule has 0 bridgehead atoms. The highest BCUT2D eigenvalue weighted by atomic mass is 16.5. The third-order valence-corrected chi connectivity index (χ3v) is 2.81. The van der Waals surface area contributed by atoms with Gasteiger partial charge >= 0.3 is 11.8 Å². The molecule has 1 N–H and O–H groups in total. The molecule has 0 spiro atoms. The van der Waals surface area contributed by atoms with Gasteiger partial charge in [0.2, 0.25) is 0 Å². The number of unbranched alkanes of at least 4 members (excludes halogenated alkanes) is 1. The number of rotatable bonds is 6. The predicted octanol–water partition coefficient (Wildman–Crippen LogP) is 2.28. The van der Waals surface area contributed by atoms with E-state index in [-0.39, 0.29) is 0 Å². The van der Waals surface area contributed by atoms with Gasteiger partial charge in [-0.25, -0.2) is 0 Å². The number of anilines is 1. The first-order chi connectivity index (χ1) is 9.58. The summed E-state index contributed by atoms with van der Waals surface area (Å²) in [5.41, 5.74) is 0.579. The second-order valence-corrected chi connectivity index (χ2v) is 4.49. The lowest BCUT2D eigenvalue weighted by Gasteiger charge is -2.16. The topological polar surface area (TPSA) is 58.6 Å². The molecule has 0 aromatic heterocycles. The van der Waals surface area contributed by atoms with Gasteiger partial charge in [0.1, 0.15) is 5.75 Å². The highest BCUT2D eigenvalue weighted by Crippen LogP contribution is 2.15. The van der Waals surface area contributed by atoms with Crippen LogP contribution in [0.1, 0.15) is 26.7 Å². The minimum absolute atomic E-state index is 0.521. The lowest BCUT2D eigenvalue weighted by Crippen LogP contribution is -2.37. The summed E-state index contributed by atoms with van der Waals surface area (Å²) in [6.07, 6.45) is 1.87. The van der Waals surface area contributed by atoms with Gasteiger partial charge in [-0.1, -0.05) is 13.3 Å². The molecule has 1 rings (SSSR count). The van der Waals surface area contributed by atoms with Crippen LogP contribution in [0.15, 0.2) is 24.3 Å². The van der Waals surface area contributed by atoms with Crippen molar-refractivity contribution in [1.29, 1.82) is 0 Å². The van der Waals surface area contributed by atoms with E-state index in [0.29, 0.717) is 18.8 Å². The Hall–Kier alpha value is -2.04. The van der Waals surface area contributed by atoms with E-state index in [1.807, 2.05) is 13.8 Å². The maximum absolute atomic E-state index is 11.8. The van der Waals surface area contributed by atoms with Crippen molar-refractivity contribution in [3.63, 3.8) is 0 Å². The molecule has 0 unspecified atom stereocenters. The van der Waals surface area contributed by atoms with Gasteiger partial charge in [-0.3, -0.25) is 9.59 Å². The summed E-state index contributed by atoms with van der Waals surface area (Å²) in [6.45, 7) is 5.12. The van der Waals surface area contributed by atoms with Gasteiger partial charge in [0.15, 0.2) is 0 Å². The van der Waals surface area contributed by atoms with Crippen LogP contribution >= 0.6 is 0 Å². The van der Waals surface area contributed by atoms with Gasteiger partial charge in [-0.2, -0.15) is 0 Å². The molecular formula is C15H22N2O3. The zero-order chi connectivity index (χ0) is 15.0. The summed E-state index contributed by atoms with van der Waals surface area (Å²) >= 11 is 0. The minimum atomic E-state index is -0.618. The fourth-order valence-electron chi connectivity index (χ4n) is 1.66. The number of likely N-dealkylation sites (N-methyl/N-ethyl adjacent to an activating group) is 1. The fraction of sp³-hybridized carbons (Fsp3) is 0.467. The van der Waals surface area contributed by atoms with Crippen LogP contribution in [-0.4, -0.2) is 36.9 Å². The maximum Gasteiger partial charge on any atom is 0.313 e. The molecule has 5 heteroatoms. The van der Waals surface area contributed by atoms with Crippen LogP contribution in [0.2, 0.25) is 0 Å². The summed E-state index contributed by atoms with van der Waals surface area (Å²) in [5, 5.41) is 2.58. The number of nitrogens with one attached hydrogen (secondary N) is 1. The Bertz CT molecular complexity index is 443. The van der Waals surface area contributed by atoms with Crippen LogP contribution in [0.5, 0.6) is 5.75 Å². The van der Waals surface area contributed by atoms with Gasteiger partial charge in [-0.05, 0) is 37.6 Å². The molecule has 1 aromatic rings. The Labute approximate surface area is 119 Å². The smallest absolute Gasteiger partial charge is 0.313 e. The first-order valence-electron chi connectivity index (χ1n) is 6.87. The van der Waals surface area contributed by atoms with Crippen LogP contribution in [0.4, 0.5) is 5.69 Å². The summed E-state index contributed by atoms with van der Waals surface area (Å²) < 4.78 is 5.31. The van der Waals surface area contributed by atoms with E-state index in [4.69, 9.17) is 4.74 Å². The minimum Gasteiger partial charge on any atom is -0.494 e. The third kappa shape index (κ3) is 4.91. The van der Waals surface area contributed by atoms with Crippen molar-refractivity contribution < 1.29 is 14.3 Å². The lowest BCUT2D eigenvalue weighted by atomic mass is 10.3. The molecule has 0 aliphatic heterocycles.